The van der Waals surface area contributed by atoms with Gasteiger partial charge in [0.15, 0.2) is 0 Å². The van der Waals surface area contributed by atoms with Crippen LogP contribution < -0.4 is 0 Å². The van der Waals surface area contributed by atoms with Crippen molar-refractivity contribution in [1.29, 1.82) is 5.26 Å². The molecule has 0 radical (unpaired) electrons. The fraction of sp³-hybridized carbons (Fsp3) is 0.125. The number of nitriles is 1. The van der Waals surface area contributed by atoms with Crippen molar-refractivity contribution in [3.63, 3.8) is 0 Å². The zero-order valence-corrected chi connectivity index (χ0v) is 18.3. The molecule has 2 nitrogen and oxygen atoms in total. The van der Waals surface area contributed by atoms with Crippen LogP contribution in [0.25, 0.3) is 22.0 Å². The largest absolute Gasteiger partial charge is 0.282 e. The van der Waals surface area contributed by atoms with E-state index in [1.54, 1.807) is 11.9 Å². The second kappa shape index (κ2) is 7.79. The molecule has 5 heteroatoms. The first kappa shape index (κ1) is 18.6. The van der Waals surface area contributed by atoms with E-state index in [2.05, 4.69) is 83.0 Å². The van der Waals surface area contributed by atoms with Gasteiger partial charge in [-0.05, 0) is 60.3 Å². The first-order valence-electron chi connectivity index (χ1n) is 9.43. The average Bonchev–Trinajstić information content (AvgIpc) is 3.48. The number of aromatic nitrogens is 1. The van der Waals surface area contributed by atoms with Gasteiger partial charge in [-0.1, -0.05) is 42.0 Å². The van der Waals surface area contributed by atoms with Crippen molar-refractivity contribution in [3.05, 3.63) is 87.6 Å². The number of allylic oxidation sites excluding steroid dienone is 1. The number of hydrogen-bond acceptors (Lipinski definition) is 4. The monoisotopic (exact) mass is 430 g/mol. The lowest BCUT2D eigenvalue weighted by Crippen LogP contribution is -2.00. The third-order valence-corrected chi connectivity index (χ3v) is 8.09. The zero-order valence-electron chi connectivity index (χ0n) is 15.8. The van der Waals surface area contributed by atoms with E-state index in [9.17, 15) is 5.26 Å². The standard InChI is InChI=1S/C24H18N2S3/c1-16-8-10-17(11-9-16)29-26-20-6-3-2-5-18(20)23(19-12-14-28-22(19)15-25)24(26)21-7-4-13-27-21/h2-6,8-14,21H,7H2,1H3. The maximum absolute atomic E-state index is 9.70. The molecule has 0 aliphatic carbocycles. The smallest absolute Gasteiger partial charge is 0.112 e. The molecule has 0 amide bonds. The predicted molar refractivity (Wildman–Crippen MR) is 126 cm³/mol. The van der Waals surface area contributed by atoms with Gasteiger partial charge in [0.1, 0.15) is 10.9 Å². The van der Waals surface area contributed by atoms with Crippen molar-refractivity contribution < 1.29 is 0 Å². The number of nitrogens with zero attached hydrogens (tertiary/aromatic N) is 2. The quantitative estimate of drug-likeness (QED) is 0.331. The highest BCUT2D eigenvalue weighted by atomic mass is 32.2. The molecule has 0 bridgehead atoms. The first-order chi connectivity index (χ1) is 14.3. The highest BCUT2D eigenvalue weighted by Crippen LogP contribution is 2.50. The molecule has 2 aromatic heterocycles. The second-order valence-electron chi connectivity index (χ2n) is 6.98. The Labute approximate surface area is 183 Å². The molecular weight excluding hydrogens is 412 g/mol. The Kier molecular flexibility index (Phi) is 5.01. The number of aryl methyl sites for hydroxylation is 1. The maximum atomic E-state index is 9.70. The first-order valence-corrected chi connectivity index (χ1v) is 12.0. The van der Waals surface area contributed by atoms with Crippen molar-refractivity contribution in [2.45, 2.75) is 23.5 Å². The molecule has 4 aromatic rings. The topological polar surface area (TPSA) is 28.7 Å². The van der Waals surface area contributed by atoms with Gasteiger partial charge >= 0.3 is 0 Å². The van der Waals surface area contributed by atoms with Crippen LogP contribution in [0, 0.1) is 18.3 Å². The van der Waals surface area contributed by atoms with E-state index in [1.807, 2.05) is 17.1 Å². The summed E-state index contributed by atoms with van der Waals surface area (Å²) in [5.41, 5.74) is 6.02. The fourth-order valence-corrected chi connectivity index (χ4v) is 6.55. The van der Waals surface area contributed by atoms with Gasteiger partial charge in [-0.3, -0.25) is 3.97 Å². The molecule has 29 heavy (non-hydrogen) atoms. The van der Waals surface area contributed by atoms with Crippen LogP contribution in [0.1, 0.15) is 27.8 Å². The van der Waals surface area contributed by atoms with Gasteiger partial charge in [0.25, 0.3) is 0 Å². The van der Waals surface area contributed by atoms with Crippen molar-refractivity contribution in [2.24, 2.45) is 0 Å². The maximum Gasteiger partial charge on any atom is 0.112 e. The van der Waals surface area contributed by atoms with Crippen molar-refractivity contribution >= 4 is 45.9 Å². The van der Waals surface area contributed by atoms with Gasteiger partial charge in [0, 0.05) is 21.4 Å². The Bertz CT molecular complexity index is 1250. The number of thioether (sulfide) groups is 1. The Morgan fingerprint density at radius 2 is 1.93 bits per heavy atom. The third kappa shape index (κ3) is 3.32. The molecule has 1 atom stereocenters. The molecule has 0 saturated carbocycles. The van der Waals surface area contributed by atoms with E-state index in [4.69, 9.17) is 0 Å². The zero-order chi connectivity index (χ0) is 19.8. The van der Waals surface area contributed by atoms with Crippen LogP contribution in [0.2, 0.25) is 0 Å². The van der Waals surface area contributed by atoms with Crippen molar-refractivity contribution in [2.75, 3.05) is 0 Å². The lowest BCUT2D eigenvalue weighted by molar-refractivity contribution is 0.936. The van der Waals surface area contributed by atoms with Crippen LogP contribution in [0.4, 0.5) is 0 Å². The summed E-state index contributed by atoms with van der Waals surface area (Å²) in [6, 6.07) is 21.8. The molecule has 3 heterocycles. The lowest BCUT2D eigenvalue weighted by atomic mass is 10.0. The summed E-state index contributed by atoms with van der Waals surface area (Å²) in [6.45, 7) is 2.11. The molecule has 1 aliphatic heterocycles. The number of rotatable bonds is 4. The van der Waals surface area contributed by atoms with Gasteiger partial charge in [0.2, 0.25) is 0 Å². The number of benzene rings is 2. The second-order valence-corrected chi connectivity index (χ2v) is 10.0. The molecular formula is C24H18N2S3. The molecule has 0 saturated heterocycles. The van der Waals surface area contributed by atoms with Crippen LogP contribution in [-0.2, 0) is 0 Å². The van der Waals surface area contributed by atoms with E-state index >= 15 is 0 Å². The highest BCUT2D eigenvalue weighted by Gasteiger charge is 2.28. The molecule has 1 unspecified atom stereocenters. The summed E-state index contributed by atoms with van der Waals surface area (Å²) >= 11 is 5.15. The van der Waals surface area contributed by atoms with Gasteiger partial charge in [0.05, 0.1) is 16.5 Å². The third-order valence-electron chi connectivity index (χ3n) is 5.12. The highest BCUT2D eigenvalue weighted by molar-refractivity contribution is 8.02. The van der Waals surface area contributed by atoms with Crippen LogP contribution in [0.15, 0.2) is 76.4 Å². The van der Waals surface area contributed by atoms with Gasteiger partial charge in [-0.15, -0.1) is 23.1 Å². The number of hydrogen-bond donors (Lipinski definition) is 0. The molecule has 0 spiro atoms. The van der Waals surface area contributed by atoms with E-state index in [0.29, 0.717) is 5.25 Å². The lowest BCUT2D eigenvalue weighted by Gasteiger charge is -2.16. The molecule has 1 aliphatic rings. The number of thiophene rings is 1. The van der Waals surface area contributed by atoms with Crippen LogP contribution in [-0.4, -0.2) is 3.97 Å². The molecule has 5 rings (SSSR count). The van der Waals surface area contributed by atoms with Crippen molar-refractivity contribution in [1.82, 2.24) is 3.97 Å². The Morgan fingerprint density at radius 1 is 1.10 bits per heavy atom. The molecule has 142 valence electrons. The van der Waals surface area contributed by atoms with E-state index in [1.165, 1.54) is 44.0 Å². The summed E-state index contributed by atoms with van der Waals surface area (Å²) < 4.78 is 2.39. The normalized spacial score (nSPS) is 15.8. The SMILES string of the molecule is Cc1ccc(Sn2c(C3CC=CS3)c(-c3ccsc3C#N)c3ccccc32)cc1. The van der Waals surface area contributed by atoms with Crippen molar-refractivity contribution in [3.8, 4) is 17.2 Å². The van der Waals surface area contributed by atoms with Crippen LogP contribution >= 0.6 is 35.0 Å². The Balaban J connectivity index is 1.78. The summed E-state index contributed by atoms with van der Waals surface area (Å²) in [6.07, 6.45) is 3.25. The number of para-hydroxylation sites is 1. The molecule has 2 aromatic carbocycles. The van der Waals surface area contributed by atoms with Gasteiger partial charge < -0.3 is 0 Å². The van der Waals surface area contributed by atoms with E-state index < -0.39 is 0 Å². The minimum absolute atomic E-state index is 0.349. The summed E-state index contributed by atoms with van der Waals surface area (Å²) in [7, 11) is 0. The summed E-state index contributed by atoms with van der Waals surface area (Å²) in [4.78, 5) is 2.00. The minimum atomic E-state index is 0.349. The number of fused-ring (bicyclic) bond motifs is 1. The summed E-state index contributed by atoms with van der Waals surface area (Å²) in [5, 5.41) is 15.5. The summed E-state index contributed by atoms with van der Waals surface area (Å²) in [5.74, 6) is 0. The minimum Gasteiger partial charge on any atom is -0.282 e. The Hall–Kier alpha value is -2.39. The molecule has 0 N–H and O–H groups in total. The van der Waals surface area contributed by atoms with Gasteiger partial charge in [-0.2, -0.15) is 5.26 Å². The van der Waals surface area contributed by atoms with Gasteiger partial charge in [-0.25, -0.2) is 0 Å². The average molecular weight is 431 g/mol. The van der Waals surface area contributed by atoms with Crippen LogP contribution in [0.5, 0.6) is 0 Å². The molecule has 0 fully saturated rings. The van der Waals surface area contributed by atoms with Crippen LogP contribution in [0.3, 0.4) is 0 Å². The predicted octanol–water partition coefficient (Wildman–Crippen LogP) is 7.80. The Morgan fingerprint density at radius 3 is 2.69 bits per heavy atom. The van der Waals surface area contributed by atoms with E-state index in [0.717, 1.165) is 16.9 Å². The van der Waals surface area contributed by atoms with E-state index in [-0.39, 0.29) is 0 Å². The fourth-order valence-electron chi connectivity index (χ4n) is 3.76.